The molecule has 1 aliphatic rings. The number of benzene rings is 2. The maximum absolute atomic E-state index is 12.9. The Morgan fingerprint density at radius 2 is 1.64 bits per heavy atom. The average Bonchev–Trinajstić information content (AvgIpc) is 3.17. The quantitative estimate of drug-likeness (QED) is 0.651. The lowest BCUT2D eigenvalue weighted by atomic mass is 10.1. The molecule has 2 heterocycles. The van der Waals surface area contributed by atoms with Crippen molar-refractivity contribution in [2.45, 2.75) is 12.7 Å². The Bertz CT molecular complexity index is 916. The molecule has 1 fully saturated rings. The number of alkyl halides is 3. The first-order chi connectivity index (χ1) is 13.5. The van der Waals surface area contributed by atoms with Crippen molar-refractivity contribution in [3.63, 3.8) is 0 Å². The van der Waals surface area contributed by atoms with E-state index in [0.29, 0.717) is 25.3 Å². The highest BCUT2D eigenvalue weighted by atomic mass is 19.4. The lowest BCUT2D eigenvalue weighted by Gasteiger charge is -2.35. The standard InChI is InChI=1S/C21H20F3N3O/c22-21(23,24)17-7-4-8-18(13-17)27-11-9-26(10-12-27)15-19-14-20(25-28-19)16-5-2-1-3-6-16/h1-8,13-14H,9-12,15H2. The van der Waals surface area contributed by atoms with Gasteiger partial charge in [-0.3, -0.25) is 4.90 Å². The van der Waals surface area contributed by atoms with Crippen LogP contribution in [-0.2, 0) is 12.7 Å². The Kier molecular flexibility index (Phi) is 5.09. The van der Waals surface area contributed by atoms with Crippen molar-refractivity contribution in [3.8, 4) is 11.3 Å². The van der Waals surface area contributed by atoms with Crippen LogP contribution in [-0.4, -0.2) is 36.2 Å². The molecule has 0 atom stereocenters. The van der Waals surface area contributed by atoms with E-state index in [1.807, 2.05) is 41.3 Å². The minimum Gasteiger partial charge on any atom is -0.369 e. The van der Waals surface area contributed by atoms with Crippen LogP contribution in [0.1, 0.15) is 11.3 Å². The van der Waals surface area contributed by atoms with Crippen molar-refractivity contribution in [2.75, 3.05) is 31.1 Å². The molecule has 0 spiro atoms. The summed E-state index contributed by atoms with van der Waals surface area (Å²) in [5.74, 6) is 0.784. The highest BCUT2D eigenvalue weighted by molar-refractivity contribution is 5.58. The van der Waals surface area contributed by atoms with Crippen molar-refractivity contribution in [1.82, 2.24) is 10.1 Å². The molecule has 7 heteroatoms. The van der Waals surface area contributed by atoms with Gasteiger partial charge in [0.05, 0.1) is 12.1 Å². The summed E-state index contributed by atoms with van der Waals surface area (Å²) in [4.78, 5) is 4.21. The molecule has 0 bridgehead atoms. The van der Waals surface area contributed by atoms with Crippen molar-refractivity contribution in [1.29, 1.82) is 0 Å². The zero-order chi connectivity index (χ0) is 19.6. The van der Waals surface area contributed by atoms with E-state index >= 15 is 0 Å². The summed E-state index contributed by atoms with van der Waals surface area (Å²) in [5, 5.41) is 4.13. The van der Waals surface area contributed by atoms with E-state index in [9.17, 15) is 13.2 Å². The van der Waals surface area contributed by atoms with Gasteiger partial charge in [-0.05, 0) is 18.2 Å². The molecule has 0 unspecified atom stereocenters. The Morgan fingerprint density at radius 1 is 0.893 bits per heavy atom. The number of piperazine rings is 1. The van der Waals surface area contributed by atoms with Crippen LogP contribution in [0.15, 0.2) is 65.2 Å². The first-order valence-corrected chi connectivity index (χ1v) is 9.14. The van der Waals surface area contributed by atoms with Crippen LogP contribution in [0.3, 0.4) is 0 Å². The number of nitrogens with zero attached hydrogens (tertiary/aromatic N) is 3. The largest absolute Gasteiger partial charge is 0.416 e. The lowest BCUT2D eigenvalue weighted by Crippen LogP contribution is -2.46. The number of rotatable bonds is 4. The molecule has 0 amide bonds. The fourth-order valence-corrected chi connectivity index (χ4v) is 3.40. The van der Waals surface area contributed by atoms with Crippen molar-refractivity contribution < 1.29 is 17.7 Å². The summed E-state index contributed by atoms with van der Waals surface area (Å²) < 4.78 is 44.2. The summed E-state index contributed by atoms with van der Waals surface area (Å²) in [5.41, 5.74) is 1.81. The van der Waals surface area contributed by atoms with E-state index < -0.39 is 11.7 Å². The summed E-state index contributed by atoms with van der Waals surface area (Å²) >= 11 is 0. The maximum atomic E-state index is 12.9. The molecule has 0 radical (unpaired) electrons. The van der Waals surface area contributed by atoms with Gasteiger partial charge < -0.3 is 9.42 Å². The predicted octanol–water partition coefficient (Wildman–Crippen LogP) is 4.68. The number of hydrogen-bond acceptors (Lipinski definition) is 4. The molecule has 1 aliphatic heterocycles. The van der Waals surface area contributed by atoms with Gasteiger partial charge in [0, 0.05) is 43.5 Å². The summed E-state index contributed by atoms with van der Waals surface area (Å²) in [6, 6.07) is 17.3. The van der Waals surface area contributed by atoms with Gasteiger partial charge in [-0.15, -0.1) is 0 Å². The summed E-state index contributed by atoms with van der Waals surface area (Å²) in [6.45, 7) is 3.47. The SMILES string of the molecule is FC(F)(F)c1cccc(N2CCN(Cc3cc(-c4ccccc4)no3)CC2)c1. The molecule has 3 aromatic rings. The van der Waals surface area contributed by atoms with E-state index in [4.69, 9.17) is 4.52 Å². The van der Waals surface area contributed by atoms with Gasteiger partial charge >= 0.3 is 6.18 Å². The van der Waals surface area contributed by atoms with Gasteiger partial charge in [0.25, 0.3) is 0 Å². The van der Waals surface area contributed by atoms with Crippen LogP contribution in [0, 0.1) is 0 Å². The molecule has 1 saturated heterocycles. The van der Waals surface area contributed by atoms with Crippen molar-refractivity contribution in [3.05, 3.63) is 72.0 Å². The molecule has 0 aliphatic carbocycles. The fourth-order valence-electron chi connectivity index (χ4n) is 3.40. The van der Waals surface area contributed by atoms with Crippen molar-refractivity contribution in [2.24, 2.45) is 0 Å². The second-order valence-electron chi connectivity index (χ2n) is 6.86. The number of aromatic nitrogens is 1. The third-order valence-electron chi connectivity index (χ3n) is 4.92. The van der Waals surface area contributed by atoms with E-state index in [2.05, 4.69) is 10.1 Å². The highest BCUT2D eigenvalue weighted by Gasteiger charge is 2.31. The first kappa shape index (κ1) is 18.6. The second-order valence-corrected chi connectivity index (χ2v) is 6.86. The lowest BCUT2D eigenvalue weighted by molar-refractivity contribution is -0.137. The molecule has 4 rings (SSSR count). The van der Waals surface area contributed by atoms with E-state index in [1.165, 1.54) is 12.1 Å². The van der Waals surface area contributed by atoms with Crippen LogP contribution in [0.25, 0.3) is 11.3 Å². The van der Waals surface area contributed by atoms with Crippen LogP contribution in [0.2, 0.25) is 0 Å². The summed E-state index contributed by atoms with van der Waals surface area (Å²) in [6.07, 6.45) is -4.32. The van der Waals surface area contributed by atoms with E-state index in [-0.39, 0.29) is 0 Å². The monoisotopic (exact) mass is 387 g/mol. The molecular formula is C21H20F3N3O. The third kappa shape index (κ3) is 4.20. The molecule has 146 valence electrons. The topological polar surface area (TPSA) is 32.5 Å². The van der Waals surface area contributed by atoms with E-state index in [0.717, 1.165) is 36.2 Å². The zero-order valence-corrected chi connectivity index (χ0v) is 15.2. The van der Waals surface area contributed by atoms with Crippen molar-refractivity contribution >= 4 is 5.69 Å². The number of hydrogen-bond donors (Lipinski definition) is 0. The van der Waals surface area contributed by atoms with Gasteiger partial charge in [0.2, 0.25) is 0 Å². The minimum absolute atomic E-state index is 0.609. The second kappa shape index (κ2) is 7.67. The maximum Gasteiger partial charge on any atom is 0.416 e. The highest BCUT2D eigenvalue weighted by Crippen LogP contribution is 2.32. The molecule has 0 N–H and O–H groups in total. The fraction of sp³-hybridized carbons (Fsp3) is 0.286. The molecule has 0 saturated carbocycles. The smallest absolute Gasteiger partial charge is 0.369 e. The van der Waals surface area contributed by atoms with Gasteiger partial charge in [0.1, 0.15) is 5.69 Å². The Balaban J connectivity index is 1.36. The van der Waals surface area contributed by atoms with Gasteiger partial charge in [-0.25, -0.2) is 0 Å². The zero-order valence-electron chi connectivity index (χ0n) is 15.2. The Morgan fingerprint density at radius 3 is 2.36 bits per heavy atom. The first-order valence-electron chi connectivity index (χ1n) is 9.14. The molecular weight excluding hydrogens is 367 g/mol. The molecule has 2 aromatic carbocycles. The van der Waals surface area contributed by atoms with Crippen LogP contribution in [0.5, 0.6) is 0 Å². The molecule has 1 aromatic heterocycles. The molecule has 28 heavy (non-hydrogen) atoms. The third-order valence-corrected chi connectivity index (χ3v) is 4.92. The summed E-state index contributed by atoms with van der Waals surface area (Å²) in [7, 11) is 0. The van der Waals surface area contributed by atoms with Crippen LogP contribution < -0.4 is 4.90 Å². The van der Waals surface area contributed by atoms with Crippen LogP contribution >= 0.6 is 0 Å². The Hall–Kier alpha value is -2.80. The van der Waals surface area contributed by atoms with Gasteiger partial charge in [-0.2, -0.15) is 13.2 Å². The minimum atomic E-state index is -4.32. The number of anilines is 1. The average molecular weight is 387 g/mol. The number of halogens is 3. The molecule has 4 nitrogen and oxygen atoms in total. The normalized spacial score (nSPS) is 15.8. The van der Waals surface area contributed by atoms with Crippen LogP contribution in [0.4, 0.5) is 18.9 Å². The Labute approximate surface area is 161 Å². The predicted molar refractivity (Wildman–Crippen MR) is 101 cm³/mol. The van der Waals surface area contributed by atoms with Gasteiger partial charge in [-0.1, -0.05) is 41.6 Å². The van der Waals surface area contributed by atoms with E-state index in [1.54, 1.807) is 6.07 Å². The van der Waals surface area contributed by atoms with Gasteiger partial charge in [0.15, 0.2) is 5.76 Å².